The number of rotatable bonds is 8. The van der Waals surface area contributed by atoms with E-state index in [0.717, 1.165) is 18.4 Å². The van der Waals surface area contributed by atoms with Crippen molar-refractivity contribution in [2.75, 3.05) is 32.8 Å². The van der Waals surface area contributed by atoms with Crippen LogP contribution in [0.4, 0.5) is 18.4 Å². The Labute approximate surface area is 244 Å². The van der Waals surface area contributed by atoms with E-state index in [0.29, 0.717) is 31.0 Å². The molecule has 11 heteroatoms. The Hall–Kier alpha value is -3.89. The summed E-state index contributed by atoms with van der Waals surface area (Å²) in [5.41, 5.74) is 0.848. The van der Waals surface area contributed by atoms with Gasteiger partial charge in [0.05, 0.1) is 13.2 Å². The molecule has 0 radical (unpaired) electrons. The van der Waals surface area contributed by atoms with Gasteiger partial charge in [-0.2, -0.15) is 0 Å². The van der Waals surface area contributed by atoms with Crippen molar-refractivity contribution >= 4 is 18.1 Å². The lowest BCUT2D eigenvalue weighted by atomic mass is 9.98. The number of alkyl carbamates (subject to hydrolysis) is 1. The van der Waals surface area contributed by atoms with Gasteiger partial charge < -0.3 is 29.7 Å². The molecule has 2 aliphatic heterocycles. The molecule has 2 aromatic rings. The SMILES string of the molecule is CC(C)(C)OC(=O)N[C@@H](Cc1ccc(-c2ccc(OCC3CCN(C(=O)O)CC3)cc2)cc1F)C(=O)N1CC[C@H](F)C1. The number of halogens is 2. The molecule has 0 aromatic heterocycles. The van der Waals surface area contributed by atoms with Crippen LogP contribution in [0, 0.1) is 11.7 Å². The summed E-state index contributed by atoms with van der Waals surface area (Å²) >= 11 is 0. The van der Waals surface area contributed by atoms with Crippen molar-refractivity contribution in [3.8, 4) is 16.9 Å². The molecule has 2 aromatic carbocycles. The first-order valence-corrected chi connectivity index (χ1v) is 14.3. The van der Waals surface area contributed by atoms with E-state index in [4.69, 9.17) is 14.6 Å². The number of carbonyl (C=O) groups is 3. The number of benzene rings is 2. The van der Waals surface area contributed by atoms with E-state index in [2.05, 4.69) is 5.32 Å². The number of nitrogens with zero attached hydrogens (tertiary/aromatic N) is 2. The minimum Gasteiger partial charge on any atom is -0.493 e. The van der Waals surface area contributed by atoms with Crippen molar-refractivity contribution in [3.05, 3.63) is 53.8 Å². The number of carbonyl (C=O) groups excluding carboxylic acids is 2. The number of carboxylic acid groups (broad SMARTS) is 1. The van der Waals surface area contributed by atoms with E-state index in [1.165, 1.54) is 15.9 Å². The smallest absolute Gasteiger partial charge is 0.408 e. The summed E-state index contributed by atoms with van der Waals surface area (Å²) < 4.78 is 40.3. The van der Waals surface area contributed by atoms with E-state index >= 15 is 4.39 Å². The zero-order valence-corrected chi connectivity index (χ0v) is 24.3. The van der Waals surface area contributed by atoms with Gasteiger partial charge in [0.1, 0.15) is 29.4 Å². The molecular formula is C31H39F2N3O6. The van der Waals surface area contributed by atoms with Crippen molar-refractivity contribution in [3.63, 3.8) is 0 Å². The minimum absolute atomic E-state index is 0.0591. The number of piperidine rings is 1. The average molecular weight is 588 g/mol. The molecule has 42 heavy (non-hydrogen) atoms. The van der Waals surface area contributed by atoms with Gasteiger partial charge >= 0.3 is 12.2 Å². The molecule has 2 atom stereocenters. The first-order valence-electron chi connectivity index (χ1n) is 14.3. The van der Waals surface area contributed by atoms with Crippen molar-refractivity contribution in [2.24, 2.45) is 5.92 Å². The number of alkyl halides is 1. The first kappa shape index (κ1) is 31.1. The van der Waals surface area contributed by atoms with Gasteiger partial charge in [-0.25, -0.2) is 18.4 Å². The van der Waals surface area contributed by atoms with Crippen LogP contribution in [-0.2, 0) is 16.0 Å². The van der Waals surface area contributed by atoms with Gasteiger partial charge in [-0.15, -0.1) is 0 Å². The second kappa shape index (κ2) is 13.4. The quantitative estimate of drug-likeness (QED) is 0.436. The summed E-state index contributed by atoms with van der Waals surface area (Å²) in [5, 5.41) is 11.6. The second-order valence-electron chi connectivity index (χ2n) is 11.9. The number of nitrogens with one attached hydrogen (secondary N) is 1. The van der Waals surface area contributed by atoms with E-state index in [9.17, 15) is 18.8 Å². The van der Waals surface area contributed by atoms with Gasteiger partial charge in [0, 0.05) is 26.1 Å². The van der Waals surface area contributed by atoms with Gasteiger partial charge in [-0.05, 0) is 80.8 Å². The van der Waals surface area contributed by atoms with Crippen molar-refractivity contribution in [1.29, 1.82) is 0 Å². The van der Waals surface area contributed by atoms with Crippen LogP contribution in [-0.4, -0.2) is 83.6 Å². The number of ether oxygens (including phenoxy) is 2. The molecule has 0 aliphatic carbocycles. The summed E-state index contributed by atoms with van der Waals surface area (Å²) in [7, 11) is 0. The fraction of sp³-hybridized carbons (Fsp3) is 0.516. The Balaban J connectivity index is 1.39. The predicted molar refractivity (Wildman–Crippen MR) is 153 cm³/mol. The van der Waals surface area contributed by atoms with E-state index in [1.54, 1.807) is 45.0 Å². The van der Waals surface area contributed by atoms with Crippen LogP contribution in [0.3, 0.4) is 0 Å². The Morgan fingerprint density at radius 3 is 2.21 bits per heavy atom. The summed E-state index contributed by atoms with van der Waals surface area (Å²) in [5.74, 6) is -0.0589. The molecular weight excluding hydrogens is 548 g/mol. The molecule has 9 nitrogen and oxygen atoms in total. The standard InChI is InChI=1S/C31H39F2N3O6/c1-31(2,3)42-29(38)34-27(28(37)36-15-12-24(32)18-36)17-23-5-4-22(16-26(23)33)21-6-8-25(9-7-21)41-19-20-10-13-35(14-11-20)30(39)40/h4-9,16,20,24,27H,10-15,17-19H2,1-3H3,(H,34,38)(H,39,40)/t24-,27-/m0/s1. The van der Waals surface area contributed by atoms with Gasteiger partial charge in [0.2, 0.25) is 5.91 Å². The summed E-state index contributed by atoms with van der Waals surface area (Å²) in [4.78, 5) is 39.4. The van der Waals surface area contributed by atoms with Gasteiger partial charge in [0.15, 0.2) is 0 Å². The zero-order chi connectivity index (χ0) is 30.4. The van der Waals surface area contributed by atoms with E-state index in [1.807, 2.05) is 12.1 Å². The maximum atomic E-state index is 15.3. The number of amides is 3. The molecule has 0 saturated carbocycles. The second-order valence-corrected chi connectivity index (χ2v) is 11.9. The van der Waals surface area contributed by atoms with Gasteiger partial charge in [-0.1, -0.05) is 24.3 Å². The van der Waals surface area contributed by atoms with Crippen LogP contribution >= 0.6 is 0 Å². The fourth-order valence-electron chi connectivity index (χ4n) is 5.15. The molecule has 228 valence electrons. The highest BCUT2D eigenvalue weighted by atomic mass is 19.1. The van der Waals surface area contributed by atoms with Crippen molar-refractivity contribution in [1.82, 2.24) is 15.1 Å². The van der Waals surface area contributed by atoms with E-state index in [-0.39, 0.29) is 37.4 Å². The third-order valence-corrected chi connectivity index (χ3v) is 7.47. The molecule has 4 rings (SSSR count). The van der Waals surface area contributed by atoms with Gasteiger partial charge in [-0.3, -0.25) is 4.79 Å². The average Bonchev–Trinajstić information content (AvgIpc) is 3.37. The fourth-order valence-corrected chi connectivity index (χ4v) is 5.15. The molecule has 0 bridgehead atoms. The van der Waals surface area contributed by atoms with Crippen LogP contribution in [0.25, 0.3) is 11.1 Å². The normalized spacial score (nSPS) is 18.5. The monoisotopic (exact) mass is 587 g/mol. The zero-order valence-electron chi connectivity index (χ0n) is 24.3. The van der Waals surface area contributed by atoms with Crippen LogP contribution in [0.5, 0.6) is 5.75 Å². The highest BCUT2D eigenvalue weighted by molar-refractivity contribution is 5.86. The first-order chi connectivity index (χ1) is 19.9. The molecule has 2 heterocycles. The van der Waals surface area contributed by atoms with Crippen LogP contribution in [0.15, 0.2) is 42.5 Å². The summed E-state index contributed by atoms with van der Waals surface area (Å²) in [6.07, 6.45) is -1.20. The molecule has 3 amide bonds. The topological polar surface area (TPSA) is 108 Å². The van der Waals surface area contributed by atoms with E-state index < -0.39 is 41.7 Å². The molecule has 2 N–H and O–H groups in total. The molecule has 2 fully saturated rings. The third kappa shape index (κ3) is 8.56. The maximum Gasteiger partial charge on any atom is 0.408 e. The Morgan fingerprint density at radius 1 is 1.00 bits per heavy atom. The number of hydrogen-bond donors (Lipinski definition) is 2. The lowest BCUT2D eigenvalue weighted by molar-refractivity contribution is -0.132. The molecule has 2 aliphatic rings. The molecule has 0 unspecified atom stereocenters. The minimum atomic E-state index is -1.12. The third-order valence-electron chi connectivity index (χ3n) is 7.47. The molecule has 0 spiro atoms. The Bertz CT molecular complexity index is 1260. The molecule has 2 saturated heterocycles. The summed E-state index contributed by atoms with van der Waals surface area (Å²) in [6, 6.07) is 10.9. The lowest BCUT2D eigenvalue weighted by Crippen LogP contribution is -2.50. The van der Waals surface area contributed by atoms with Crippen molar-refractivity contribution in [2.45, 2.75) is 64.3 Å². The lowest BCUT2D eigenvalue weighted by Gasteiger charge is -2.29. The van der Waals surface area contributed by atoms with Crippen molar-refractivity contribution < 1.29 is 37.7 Å². The maximum absolute atomic E-state index is 15.3. The van der Waals surface area contributed by atoms with Crippen LogP contribution in [0.1, 0.15) is 45.6 Å². The number of likely N-dealkylation sites (tertiary alicyclic amines) is 2. The highest BCUT2D eigenvalue weighted by Crippen LogP contribution is 2.26. The predicted octanol–water partition coefficient (Wildman–Crippen LogP) is 5.27. The Kier molecular flexibility index (Phi) is 9.90. The number of hydrogen-bond acceptors (Lipinski definition) is 5. The van der Waals surface area contributed by atoms with Crippen LogP contribution in [0.2, 0.25) is 0 Å². The highest BCUT2D eigenvalue weighted by Gasteiger charge is 2.33. The summed E-state index contributed by atoms with van der Waals surface area (Å²) in [6.45, 7) is 6.77. The van der Waals surface area contributed by atoms with Crippen LogP contribution < -0.4 is 10.1 Å². The largest absolute Gasteiger partial charge is 0.493 e. The Morgan fingerprint density at radius 2 is 1.64 bits per heavy atom. The van der Waals surface area contributed by atoms with Gasteiger partial charge in [0.25, 0.3) is 0 Å².